The number of carbonyl (C=O) groups is 1. The molecule has 1 aliphatic carbocycles. The van der Waals surface area contributed by atoms with Crippen LogP contribution in [-0.2, 0) is 17.6 Å². The zero-order valence-electron chi connectivity index (χ0n) is 10.7. The smallest absolute Gasteiger partial charge is 0.307 e. The molecule has 0 saturated carbocycles. The van der Waals surface area contributed by atoms with Gasteiger partial charge in [0.25, 0.3) is 0 Å². The number of fused-ring (bicyclic) bond motifs is 1. The zero-order valence-corrected chi connectivity index (χ0v) is 10.7. The van der Waals surface area contributed by atoms with Gasteiger partial charge in [-0.05, 0) is 54.9 Å². The Morgan fingerprint density at radius 1 is 1.33 bits per heavy atom. The van der Waals surface area contributed by atoms with Crippen molar-refractivity contribution in [1.29, 1.82) is 0 Å². The SMILES string of the molecule is Cc1ccc(C2CC(C(=O)O)CN2)c2c1CCC2. The first-order valence-electron chi connectivity index (χ1n) is 6.74. The maximum absolute atomic E-state index is 11.0. The summed E-state index contributed by atoms with van der Waals surface area (Å²) in [5.41, 5.74) is 5.72. The number of aliphatic carboxylic acids is 1. The molecule has 0 bridgehead atoms. The van der Waals surface area contributed by atoms with Crippen molar-refractivity contribution in [3.8, 4) is 0 Å². The van der Waals surface area contributed by atoms with Gasteiger partial charge in [0.1, 0.15) is 0 Å². The maximum Gasteiger partial charge on any atom is 0.307 e. The third kappa shape index (κ3) is 1.83. The molecule has 0 aromatic heterocycles. The average Bonchev–Trinajstić information content (AvgIpc) is 2.98. The predicted octanol–water partition coefficient (Wildman–Crippen LogP) is 2.22. The standard InChI is InChI=1S/C15H19NO2/c1-9-5-6-13(12-4-2-3-11(9)12)14-7-10(8-16-14)15(17)18/h5-6,10,14,16H,2-4,7-8H2,1H3,(H,17,18). The molecule has 2 aliphatic rings. The van der Waals surface area contributed by atoms with Crippen LogP contribution in [0.3, 0.4) is 0 Å². The highest BCUT2D eigenvalue weighted by Crippen LogP contribution is 2.35. The van der Waals surface area contributed by atoms with Gasteiger partial charge < -0.3 is 10.4 Å². The normalized spacial score (nSPS) is 26.3. The van der Waals surface area contributed by atoms with Gasteiger partial charge in [-0.2, -0.15) is 0 Å². The minimum atomic E-state index is -0.672. The van der Waals surface area contributed by atoms with Crippen LogP contribution in [0.2, 0.25) is 0 Å². The number of hydrogen-bond donors (Lipinski definition) is 2. The number of carboxylic acids is 1. The summed E-state index contributed by atoms with van der Waals surface area (Å²) in [6, 6.07) is 4.62. The van der Waals surface area contributed by atoms with E-state index in [1.54, 1.807) is 0 Å². The molecule has 0 amide bonds. The van der Waals surface area contributed by atoms with Crippen LogP contribution in [0.5, 0.6) is 0 Å². The van der Waals surface area contributed by atoms with E-state index in [4.69, 9.17) is 5.11 Å². The van der Waals surface area contributed by atoms with Crippen molar-refractivity contribution in [2.45, 2.75) is 38.6 Å². The highest BCUT2D eigenvalue weighted by Gasteiger charge is 2.32. The molecule has 2 N–H and O–H groups in total. The first-order chi connectivity index (χ1) is 8.66. The molecule has 3 heteroatoms. The van der Waals surface area contributed by atoms with Crippen LogP contribution in [0.4, 0.5) is 0 Å². The summed E-state index contributed by atoms with van der Waals surface area (Å²) >= 11 is 0. The summed E-state index contributed by atoms with van der Waals surface area (Å²) in [6.45, 7) is 2.78. The summed E-state index contributed by atoms with van der Waals surface area (Å²) in [5, 5.41) is 12.4. The molecule has 3 rings (SSSR count). The lowest BCUT2D eigenvalue weighted by atomic mass is 9.92. The maximum atomic E-state index is 11.0. The van der Waals surface area contributed by atoms with Crippen LogP contribution in [0.15, 0.2) is 12.1 Å². The van der Waals surface area contributed by atoms with Gasteiger partial charge in [0.2, 0.25) is 0 Å². The highest BCUT2D eigenvalue weighted by molar-refractivity contribution is 5.71. The van der Waals surface area contributed by atoms with Crippen molar-refractivity contribution < 1.29 is 9.90 Å². The van der Waals surface area contributed by atoms with E-state index in [1.165, 1.54) is 35.1 Å². The third-order valence-corrected chi connectivity index (χ3v) is 4.41. The van der Waals surface area contributed by atoms with Gasteiger partial charge in [0.15, 0.2) is 0 Å². The second-order valence-electron chi connectivity index (χ2n) is 5.51. The Morgan fingerprint density at radius 3 is 2.83 bits per heavy atom. The topological polar surface area (TPSA) is 49.3 Å². The first kappa shape index (κ1) is 11.7. The van der Waals surface area contributed by atoms with Crippen LogP contribution in [-0.4, -0.2) is 17.6 Å². The predicted molar refractivity (Wildman–Crippen MR) is 69.7 cm³/mol. The summed E-state index contributed by atoms with van der Waals surface area (Å²) in [6.07, 6.45) is 4.31. The first-order valence-corrected chi connectivity index (χ1v) is 6.74. The van der Waals surface area contributed by atoms with E-state index in [-0.39, 0.29) is 12.0 Å². The Kier molecular flexibility index (Phi) is 2.86. The van der Waals surface area contributed by atoms with Crippen molar-refractivity contribution in [2.24, 2.45) is 5.92 Å². The minimum Gasteiger partial charge on any atom is -0.481 e. The quantitative estimate of drug-likeness (QED) is 0.840. The van der Waals surface area contributed by atoms with Crippen LogP contribution < -0.4 is 5.32 Å². The van der Waals surface area contributed by atoms with Gasteiger partial charge >= 0.3 is 5.97 Å². The Labute approximate surface area is 107 Å². The molecule has 1 aromatic carbocycles. The number of hydrogen-bond acceptors (Lipinski definition) is 2. The number of aryl methyl sites for hydroxylation is 1. The number of rotatable bonds is 2. The molecule has 96 valence electrons. The van der Waals surface area contributed by atoms with Gasteiger partial charge in [0, 0.05) is 12.6 Å². The van der Waals surface area contributed by atoms with Gasteiger partial charge in [0.05, 0.1) is 5.92 Å². The summed E-state index contributed by atoms with van der Waals surface area (Å²) in [7, 11) is 0. The van der Waals surface area contributed by atoms with Gasteiger partial charge in [-0.1, -0.05) is 12.1 Å². The van der Waals surface area contributed by atoms with Crippen molar-refractivity contribution in [3.05, 3.63) is 34.4 Å². The summed E-state index contributed by atoms with van der Waals surface area (Å²) in [5.74, 6) is -0.901. The fraction of sp³-hybridized carbons (Fsp3) is 0.533. The fourth-order valence-electron chi connectivity index (χ4n) is 3.40. The van der Waals surface area contributed by atoms with Gasteiger partial charge in [-0.3, -0.25) is 4.79 Å². The molecule has 1 heterocycles. The number of benzene rings is 1. The molecule has 3 nitrogen and oxygen atoms in total. The second-order valence-corrected chi connectivity index (χ2v) is 5.51. The Bertz CT molecular complexity index is 496. The van der Waals surface area contributed by atoms with Gasteiger partial charge in [-0.15, -0.1) is 0 Å². The van der Waals surface area contributed by atoms with E-state index < -0.39 is 5.97 Å². The molecule has 1 fully saturated rings. The molecule has 0 radical (unpaired) electrons. The molecule has 1 aliphatic heterocycles. The second kappa shape index (κ2) is 4.39. The van der Waals surface area contributed by atoms with E-state index in [1.807, 2.05) is 0 Å². The highest BCUT2D eigenvalue weighted by atomic mass is 16.4. The minimum absolute atomic E-state index is 0.228. The molecular weight excluding hydrogens is 226 g/mol. The molecule has 2 unspecified atom stereocenters. The molecule has 1 aromatic rings. The molecule has 18 heavy (non-hydrogen) atoms. The van der Waals surface area contributed by atoms with E-state index in [0.29, 0.717) is 6.54 Å². The molecule has 0 spiro atoms. The molecule has 2 atom stereocenters. The van der Waals surface area contributed by atoms with E-state index >= 15 is 0 Å². The zero-order chi connectivity index (χ0) is 12.7. The monoisotopic (exact) mass is 245 g/mol. The van der Waals surface area contributed by atoms with E-state index in [2.05, 4.69) is 24.4 Å². The summed E-state index contributed by atoms with van der Waals surface area (Å²) < 4.78 is 0. The van der Waals surface area contributed by atoms with Crippen molar-refractivity contribution in [3.63, 3.8) is 0 Å². The summed E-state index contributed by atoms with van der Waals surface area (Å²) in [4.78, 5) is 11.0. The Morgan fingerprint density at radius 2 is 2.11 bits per heavy atom. The fourth-order valence-corrected chi connectivity index (χ4v) is 3.40. The van der Waals surface area contributed by atoms with E-state index in [9.17, 15) is 4.79 Å². The lowest BCUT2D eigenvalue weighted by molar-refractivity contribution is -0.141. The Balaban J connectivity index is 1.90. The van der Waals surface area contributed by atoms with Crippen molar-refractivity contribution >= 4 is 5.97 Å². The average molecular weight is 245 g/mol. The van der Waals surface area contributed by atoms with E-state index in [0.717, 1.165) is 12.8 Å². The molecular formula is C15H19NO2. The lowest BCUT2D eigenvalue weighted by Crippen LogP contribution is -2.17. The van der Waals surface area contributed by atoms with Gasteiger partial charge in [-0.25, -0.2) is 0 Å². The third-order valence-electron chi connectivity index (χ3n) is 4.41. The van der Waals surface area contributed by atoms with Crippen LogP contribution >= 0.6 is 0 Å². The number of carboxylic acid groups (broad SMARTS) is 1. The lowest BCUT2D eigenvalue weighted by Gasteiger charge is -2.17. The van der Waals surface area contributed by atoms with Crippen LogP contribution in [0.1, 0.15) is 41.1 Å². The van der Waals surface area contributed by atoms with Crippen LogP contribution in [0, 0.1) is 12.8 Å². The van der Waals surface area contributed by atoms with Crippen molar-refractivity contribution in [1.82, 2.24) is 5.32 Å². The molecule has 1 saturated heterocycles. The number of nitrogens with one attached hydrogen (secondary N) is 1. The Hall–Kier alpha value is -1.35. The largest absolute Gasteiger partial charge is 0.481 e. The van der Waals surface area contributed by atoms with Crippen molar-refractivity contribution in [2.75, 3.05) is 6.54 Å². The van der Waals surface area contributed by atoms with Crippen LogP contribution in [0.25, 0.3) is 0 Å².